The molecule has 2 heterocycles. The van der Waals surface area contributed by atoms with Crippen LogP contribution in [0.2, 0.25) is 0 Å². The number of aryl methyl sites for hydroxylation is 1. The zero-order chi connectivity index (χ0) is 15.4. The van der Waals surface area contributed by atoms with Crippen LogP contribution in [0.4, 0.5) is 0 Å². The molecule has 0 saturated carbocycles. The second kappa shape index (κ2) is 6.42. The normalized spacial score (nSPS) is 13.0. The van der Waals surface area contributed by atoms with E-state index < -0.39 is 5.97 Å². The highest BCUT2D eigenvalue weighted by Crippen LogP contribution is 2.30. The first kappa shape index (κ1) is 14.3. The summed E-state index contributed by atoms with van der Waals surface area (Å²) in [6, 6.07) is 4.96. The Kier molecular flexibility index (Phi) is 4.17. The first-order valence-corrected chi connectivity index (χ1v) is 7.09. The highest BCUT2D eigenvalue weighted by Gasteiger charge is 2.16. The van der Waals surface area contributed by atoms with Crippen LogP contribution >= 0.6 is 0 Å². The second-order valence-corrected chi connectivity index (χ2v) is 4.75. The van der Waals surface area contributed by atoms with Gasteiger partial charge in [0.25, 0.3) is 0 Å². The van der Waals surface area contributed by atoms with Gasteiger partial charge >= 0.3 is 5.97 Å². The molecule has 0 amide bonds. The van der Waals surface area contributed by atoms with E-state index in [9.17, 15) is 4.79 Å². The lowest BCUT2D eigenvalue weighted by atomic mass is 10.2. The van der Waals surface area contributed by atoms with Gasteiger partial charge in [0.05, 0.1) is 5.56 Å². The number of esters is 1. The first-order chi connectivity index (χ1) is 10.8. The van der Waals surface area contributed by atoms with Crippen LogP contribution in [0, 0.1) is 0 Å². The lowest BCUT2D eigenvalue weighted by Gasteiger charge is -2.18. The summed E-state index contributed by atoms with van der Waals surface area (Å²) >= 11 is 0. The molecule has 1 aromatic carbocycles. The molecule has 2 aromatic rings. The molecule has 1 aliphatic heterocycles. The minimum atomic E-state index is -0.456. The summed E-state index contributed by atoms with van der Waals surface area (Å²) in [5.41, 5.74) is 0.402. The van der Waals surface area contributed by atoms with Crippen molar-refractivity contribution >= 4 is 5.97 Å². The number of ether oxygens (including phenoxy) is 3. The quantitative estimate of drug-likeness (QED) is 0.767. The average molecular weight is 304 g/mol. The standard InChI is InChI=1S/C14H16N4O4/c1-2-5-18-13(15-16-17-18)9-22-14(19)10-3-4-11-12(8-10)21-7-6-20-11/h3-4,8H,2,5-7,9H2,1H3. The van der Waals surface area contributed by atoms with Crippen molar-refractivity contribution in [2.24, 2.45) is 0 Å². The highest BCUT2D eigenvalue weighted by molar-refractivity contribution is 5.90. The van der Waals surface area contributed by atoms with E-state index in [2.05, 4.69) is 15.5 Å². The Labute approximate surface area is 127 Å². The number of tetrazole rings is 1. The molecule has 8 nitrogen and oxygen atoms in total. The minimum Gasteiger partial charge on any atom is -0.486 e. The lowest BCUT2D eigenvalue weighted by Crippen LogP contribution is -2.16. The van der Waals surface area contributed by atoms with Crippen molar-refractivity contribution in [2.45, 2.75) is 26.5 Å². The maximum Gasteiger partial charge on any atom is 0.338 e. The molecule has 0 radical (unpaired) electrons. The summed E-state index contributed by atoms with van der Waals surface area (Å²) in [7, 11) is 0. The number of fused-ring (bicyclic) bond motifs is 1. The summed E-state index contributed by atoms with van der Waals surface area (Å²) in [5, 5.41) is 11.3. The molecule has 22 heavy (non-hydrogen) atoms. The Balaban J connectivity index is 1.65. The molecule has 1 aromatic heterocycles. The molecule has 0 aliphatic carbocycles. The van der Waals surface area contributed by atoms with Crippen LogP contribution in [0.15, 0.2) is 18.2 Å². The predicted molar refractivity (Wildman–Crippen MR) is 74.7 cm³/mol. The molecule has 0 atom stereocenters. The van der Waals surface area contributed by atoms with Gasteiger partial charge in [0.15, 0.2) is 23.9 Å². The number of carbonyl (C=O) groups is 1. The molecular weight excluding hydrogens is 288 g/mol. The number of rotatable bonds is 5. The van der Waals surface area contributed by atoms with E-state index in [1.165, 1.54) is 0 Å². The van der Waals surface area contributed by atoms with Crippen molar-refractivity contribution in [3.8, 4) is 11.5 Å². The van der Waals surface area contributed by atoms with Crippen LogP contribution in [-0.2, 0) is 17.9 Å². The fraction of sp³-hybridized carbons (Fsp3) is 0.429. The Morgan fingerprint density at radius 1 is 1.32 bits per heavy atom. The van der Waals surface area contributed by atoms with Crippen LogP contribution in [0.3, 0.4) is 0 Å². The summed E-state index contributed by atoms with van der Waals surface area (Å²) in [6.07, 6.45) is 0.897. The highest BCUT2D eigenvalue weighted by atomic mass is 16.6. The Morgan fingerprint density at radius 2 is 2.14 bits per heavy atom. The number of hydrogen-bond donors (Lipinski definition) is 0. The maximum atomic E-state index is 12.1. The van der Waals surface area contributed by atoms with Crippen molar-refractivity contribution in [1.29, 1.82) is 0 Å². The fourth-order valence-electron chi connectivity index (χ4n) is 2.10. The zero-order valence-electron chi connectivity index (χ0n) is 12.2. The Bertz CT molecular complexity index is 671. The Hall–Kier alpha value is -2.64. The van der Waals surface area contributed by atoms with Crippen LogP contribution < -0.4 is 9.47 Å². The number of carbonyl (C=O) groups excluding carboxylic acids is 1. The Morgan fingerprint density at radius 3 is 2.95 bits per heavy atom. The van der Waals surface area contributed by atoms with Crippen LogP contribution in [0.5, 0.6) is 11.5 Å². The molecule has 3 rings (SSSR count). The van der Waals surface area contributed by atoms with E-state index >= 15 is 0 Å². The molecule has 0 unspecified atom stereocenters. The zero-order valence-corrected chi connectivity index (χ0v) is 12.2. The van der Waals surface area contributed by atoms with Crippen molar-refractivity contribution in [2.75, 3.05) is 13.2 Å². The predicted octanol–water partition coefficient (Wildman–Crippen LogP) is 1.21. The van der Waals surface area contributed by atoms with Crippen molar-refractivity contribution in [1.82, 2.24) is 20.2 Å². The van der Waals surface area contributed by atoms with E-state index in [4.69, 9.17) is 14.2 Å². The third-order valence-corrected chi connectivity index (χ3v) is 3.15. The summed E-state index contributed by atoms with van der Waals surface area (Å²) in [5.74, 6) is 1.25. The topological polar surface area (TPSA) is 88.4 Å². The molecule has 116 valence electrons. The molecule has 0 spiro atoms. The van der Waals surface area contributed by atoms with Crippen molar-refractivity contribution < 1.29 is 19.0 Å². The van der Waals surface area contributed by atoms with Gasteiger partial charge in [-0.25, -0.2) is 9.48 Å². The molecule has 1 aliphatic rings. The van der Waals surface area contributed by atoms with Gasteiger partial charge in [0.2, 0.25) is 0 Å². The SMILES string of the molecule is CCCn1nnnc1COC(=O)c1ccc2c(c1)OCCO2. The average Bonchev–Trinajstić information content (AvgIpc) is 3.00. The van der Waals surface area contributed by atoms with E-state index in [0.29, 0.717) is 42.6 Å². The van der Waals surface area contributed by atoms with Gasteiger partial charge in [-0.15, -0.1) is 5.10 Å². The number of nitrogens with zero attached hydrogens (tertiary/aromatic N) is 4. The third kappa shape index (κ3) is 3.00. The summed E-state index contributed by atoms with van der Waals surface area (Å²) in [6.45, 7) is 3.71. The van der Waals surface area contributed by atoms with Gasteiger partial charge in [0.1, 0.15) is 13.2 Å². The molecule has 0 bridgehead atoms. The monoisotopic (exact) mass is 304 g/mol. The van der Waals surface area contributed by atoms with Crippen LogP contribution in [0.1, 0.15) is 29.5 Å². The number of benzene rings is 1. The van der Waals surface area contributed by atoms with Gasteiger partial charge in [-0.1, -0.05) is 6.92 Å². The van der Waals surface area contributed by atoms with Gasteiger partial charge in [0, 0.05) is 6.54 Å². The maximum absolute atomic E-state index is 12.1. The van der Waals surface area contributed by atoms with Crippen molar-refractivity contribution in [3.63, 3.8) is 0 Å². The molecule has 0 saturated heterocycles. The van der Waals surface area contributed by atoms with E-state index in [0.717, 1.165) is 6.42 Å². The number of hydrogen-bond acceptors (Lipinski definition) is 7. The second-order valence-electron chi connectivity index (χ2n) is 4.75. The number of aromatic nitrogens is 4. The molecular formula is C14H16N4O4. The lowest BCUT2D eigenvalue weighted by molar-refractivity contribution is 0.0455. The third-order valence-electron chi connectivity index (χ3n) is 3.15. The van der Waals surface area contributed by atoms with Crippen LogP contribution in [-0.4, -0.2) is 39.4 Å². The molecule has 0 N–H and O–H groups in total. The van der Waals surface area contributed by atoms with E-state index in [1.54, 1.807) is 22.9 Å². The summed E-state index contributed by atoms with van der Waals surface area (Å²) < 4.78 is 17.7. The van der Waals surface area contributed by atoms with Gasteiger partial charge in [-0.3, -0.25) is 0 Å². The minimum absolute atomic E-state index is 0.0281. The molecule has 8 heteroatoms. The first-order valence-electron chi connectivity index (χ1n) is 7.09. The van der Waals surface area contributed by atoms with Gasteiger partial charge in [-0.05, 0) is 35.0 Å². The summed E-state index contributed by atoms with van der Waals surface area (Å²) in [4.78, 5) is 12.1. The van der Waals surface area contributed by atoms with E-state index in [1.807, 2.05) is 6.92 Å². The molecule has 0 fully saturated rings. The smallest absolute Gasteiger partial charge is 0.338 e. The largest absolute Gasteiger partial charge is 0.486 e. The van der Waals surface area contributed by atoms with Crippen LogP contribution in [0.25, 0.3) is 0 Å². The van der Waals surface area contributed by atoms with E-state index in [-0.39, 0.29) is 6.61 Å². The van der Waals surface area contributed by atoms with Gasteiger partial charge in [-0.2, -0.15) is 0 Å². The van der Waals surface area contributed by atoms with Gasteiger partial charge < -0.3 is 14.2 Å². The van der Waals surface area contributed by atoms with Crippen molar-refractivity contribution in [3.05, 3.63) is 29.6 Å². The fourth-order valence-corrected chi connectivity index (χ4v) is 2.10.